The predicted molar refractivity (Wildman–Crippen MR) is 93.4 cm³/mol. The second kappa shape index (κ2) is 7.43. The van der Waals surface area contributed by atoms with Gasteiger partial charge in [0.2, 0.25) is 11.8 Å². The second-order valence-corrected chi connectivity index (χ2v) is 6.45. The Balaban J connectivity index is 1.66. The summed E-state index contributed by atoms with van der Waals surface area (Å²) in [6.45, 7) is 3.69. The molecule has 3 rings (SSSR count). The molecule has 0 aliphatic carbocycles. The van der Waals surface area contributed by atoms with Crippen molar-refractivity contribution in [2.24, 2.45) is 5.92 Å². The number of nitrogens with one attached hydrogen (secondary N) is 1. The maximum absolute atomic E-state index is 12.7. The molecule has 5 heteroatoms. The third kappa shape index (κ3) is 3.91. The zero-order valence-electron chi connectivity index (χ0n) is 14.0. The van der Waals surface area contributed by atoms with Gasteiger partial charge >= 0.3 is 0 Å². The first-order valence-electron chi connectivity index (χ1n) is 8.48. The molecule has 1 aliphatic heterocycles. The predicted octanol–water partition coefficient (Wildman–Crippen LogP) is 2.15. The van der Waals surface area contributed by atoms with Gasteiger partial charge in [0, 0.05) is 38.1 Å². The van der Waals surface area contributed by atoms with Gasteiger partial charge in [-0.05, 0) is 30.4 Å². The molecular weight excluding hydrogens is 302 g/mol. The monoisotopic (exact) mass is 325 g/mol. The Morgan fingerprint density at radius 2 is 2.12 bits per heavy atom. The Bertz CT molecular complexity index is 739. The van der Waals surface area contributed by atoms with Gasteiger partial charge in [0.15, 0.2) is 0 Å². The van der Waals surface area contributed by atoms with Gasteiger partial charge in [0.1, 0.15) is 0 Å². The Labute approximate surface area is 142 Å². The summed E-state index contributed by atoms with van der Waals surface area (Å²) in [6.07, 6.45) is 4.19. The van der Waals surface area contributed by atoms with Gasteiger partial charge in [-0.3, -0.25) is 14.6 Å². The Morgan fingerprint density at radius 1 is 1.29 bits per heavy atom. The first-order valence-corrected chi connectivity index (χ1v) is 8.48. The van der Waals surface area contributed by atoms with Crippen molar-refractivity contribution < 1.29 is 9.59 Å². The number of fused-ring (bicyclic) bond motifs is 1. The summed E-state index contributed by atoms with van der Waals surface area (Å²) in [5, 5.41) is 3.92. The van der Waals surface area contributed by atoms with Gasteiger partial charge in [0.05, 0.1) is 11.9 Å². The molecule has 5 nitrogen and oxygen atoms in total. The van der Waals surface area contributed by atoms with Crippen LogP contribution in [0.5, 0.6) is 0 Å². The van der Waals surface area contributed by atoms with Crippen molar-refractivity contribution >= 4 is 22.7 Å². The van der Waals surface area contributed by atoms with E-state index in [1.54, 1.807) is 6.20 Å². The molecule has 1 unspecified atom stereocenters. The van der Waals surface area contributed by atoms with Crippen LogP contribution in [0, 0.1) is 5.92 Å². The molecule has 2 aromatic rings. The number of carbonyl (C=O) groups is 2. The topological polar surface area (TPSA) is 62.3 Å². The quantitative estimate of drug-likeness (QED) is 0.937. The van der Waals surface area contributed by atoms with E-state index in [9.17, 15) is 9.59 Å². The van der Waals surface area contributed by atoms with Crippen LogP contribution in [-0.2, 0) is 16.0 Å². The minimum absolute atomic E-state index is 0.0136. The average Bonchev–Trinajstić information content (AvgIpc) is 2.60. The summed E-state index contributed by atoms with van der Waals surface area (Å²) in [6, 6.07) is 9.89. The van der Waals surface area contributed by atoms with Crippen LogP contribution < -0.4 is 5.32 Å². The number of hydrogen-bond acceptors (Lipinski definition) is 3. The lowest BCUT2D eigenvalue weighted by Gasteiger charge is -2.33. The minimum Gasteiger partial charge on any atom is -0.356 e. The van der Waals surface area contributed by atoms with E-state index in [0.717, 1.165) is 42.4 Å². The number of amides is 2. The van der Waals surface area contributed by atoms with Crippen molar-refractivity contribution in [1.82, 2.24) is 15.2 Å². The van der Waals surface area contributed by atoms with Crippen LogP contribution in [0.15, 0.2) is 36.5 Å². The third-order valence-corrected chi connectivity index (χ3v) is 4.57. The van der Waals surface area contributed by atoms with E-state index in [4.69, 9.17) is 0 Å². The lowest BCUT2D eigenvalue weighted by molar-refractivity contribution is -0.132. The molecule has 2 heterocycles. The van der Waals surface area contributed by atoms with E-state index >= 15 is 0 Å². The van der Waals surface area contributed by atoms with Crippen molar-refractivity contribution in [2.45, 2.75) is 26.2 Å². The molecule has 1 saturated heterocycles. The number of nitrogens with zero attached hydrogens (tertiary/aromatic N) is 2. The van der Waals surface area contributed by atoms with E-state index in [1.165, 1.54) is 6.92 Å². The van der Waals surface area contributed by atoms with Crippen LogP contribution in [0.1, 0.15) is 25.3 Å². The van der Waals surface area contributed by atoms with Gasteiger partial charge in [0.25, 0.3) is 0 Å². The zero-order valence-corrected chi connectivity index (χ0v) is 14.0. The molecule has 0 saturated carbocycles. The van der Waals surface area contributed by atoms with Gasteiger partial charge in [-0.25, -0.2) is 0 Å². The second-order valence-electron chi connectivity index (χ2n) is 6.45. The van der Waals surface area contributed by atoms with E-state index < -0.39 is 0 Å². The van der Waals surface area contributed by atoms with E-state index in [0.29, 0.717) is 18.9 Å². The highest BCUT2D eigenvalue weighted by Gasteiger charge is 2.24. The average molecular weight is 325 g/mol. The smallest absolute Gasteiger partial charge is 0.227 e. The zero-order chi connectivity index (χ0) is 16.9. The van der Waals surface area contributed by atoms with Gasteiger partial charge in [-0.15, -0.1) is 0 Å². The number of hydrogen-bond donors (Lipinski definition) is 1. The summed E-state index contributed by atoms with van der Waals surface area (Å²) >= 11 is 0. The van der Waals surface area contributed by atoms with Crippen LogP contribution in [0.4, 0.5) is 0 Å². The normalized spacial score (nSPS) is 17.7. The van der Waals surface area contributed by atoms with E-state index in [1.807, 2.05) is 35.2 Å². The first-order chi connectivity index (χ1) is 11.6. The van der Waals surface area contributed by atoms with Crippen LogP contribution in [0.2, 0.25) is 0 Å². The Morgan fingerprint density at radius 3 is 2.96 bits per heavy atom. The largest absolute Gasteiger partial charge is 0.356 e. The van der Waals surface area contributed by atoms with E-state index in [2.05, 4.69) is 10.3 Å². The molecule has 1 aromatic heterocycles. The number of pyridine rings is 1. The molecule has 0 bridgehead atoms. The highest BCUT2D eigenvalue weighted by Crippen LogP contribution is 2.20. The minimum atomic E-state index is -0.0136. The third-order valence-electron chi connectivity index (χ3n) is 4.57. The summed E-state index contributed by atoms with van der Waals surface area (Å²) in [5.74, 6) is 0.471. The van der Waals surface area contributed by atoms with Crippen LogP contribution in [0.3, 0.4) is 0 Å². The number of piperidine rings is 1. The Kier molecular flexibility index (Phi) is 5.08. The Hall–Kier alpha value is -2.43. The first kappa shape index (κ1) is 16.4. The summed E-state index contributed by atoms with van der Waals surface area (Å²) in [5.41, 5.74) is 1.88. The molecule has 1 N–H and O–H groups in total. The van der Waals surface area contributed by atoms with Crippen LogP contribution >= 0.6 is 0 Å². The molecule has 0 spiro atoms. The van der Waals surface area contributed by atoms with Gasteiger partial charge in [-0.1, -0.05) is 24.3 Å². The molecule has 24 heavy (non-hydrogen) atoms. The summed E-state index contributed by atoms with van der Waals surface area (Å²) in [4.78, 5) is 30.1. The van der Waals surface area contributed by atoms with Crippen molar-refractivity contribution in [3.63, 3.8) is 0 Å². The van der Waals surface area contributed by atoms with Crippen LogP contribution in [-0.4, -0.2) is 41.3 Å². The highest BCUT2D eigenvalue weighted by molar-refractivity contribution is 5.87. The van der Waals surface area contributed by atoms with Crippen molar-refractivity contribution in [2.75, 3.05) is 19.6 Å². The molecule has 1 fully saturated rings. The van der Waals surface area contributed by atoms with Crippen molar-refractivity contribution in [3.8, 4) is 0 Å². The number of benzene rings is 1. The number of likely N-dealkylation sites (tertiary alicyclic amines) is 1. The van der Waals surface area contributed by atoms with Gasteiger partial charge < -0.3 is 10.2 Å². The van der Waals surface area contributed by atoms with E-state index in [-0.39, 0.29) is 11.8 Å². The summed E-state index contributed by atoms with van der Waals surface area (Å²) < 4.78 is 0. The fourth-order valence-corrected chi connectivity index (χ4v) is 3.33. The molecule has 1 aromatic carbocycles. The molecule has 1 atom stereocenters. The fraction of sp³-hybridized carbons (Fsp3) is 0.421. The maximum Gasteiger partial charge on any atom is 0.227 e. The van der Waals surface area contributed by atoms with Crippen LogP contribution in [0.25, 0.3) is 10.9 Å². The van der Waals surface area contributed by atoms with Crippen molar-refractivity contribution in [1.29, 1.82) is 0 Å². The molecule has 2 amide bonds. The molecule has 1 aliphatic rings. The number of rotatable bonds is 4. The van der Waals surface area contributed by atoms with Crippen molar-refractivity contribution in [3.05, 3.63) is 42.1 Å². The molecular formula is C19H23N3O2. The SMILES string of the molecule is CC(=O)NCC1CCCN(C(=O)Cc2cccc3cccnc23)C1. The van der Waals surface area contributed by atoms with Gasteiger partial charge in [-0.2, -0.15) is 0 Å². The molecule has 0 radical (unpaired) electrons. The number of carbonyl (C=O) groups excluding carboxylic acids is 2. The number of aromatic nitrogens is 1. The number of para-hydroxylation sites is 1. The maximum atomic E-state index is 12.7. The fourth-order valence-electron chi connectivity index (χ4n) is 3.33. The molecule has 126 valence electrons. The highest BCUT2D eigenvalue weighted by atomic mass is 16.2. The summed E-state index contributed by atoms with van der Waals surface area (Å²) in [7, 11) is 0. The lowest BCUT2D eigenvalue weighted by atomic mass is 9.97. The lowest BCUT2D eigenvalue weighted by Crippen LogP contribution is -2.44. The standard InChI is InChI=1S/C19H23N3O2/c1-14(23)21-12-15-5-4-10-22(13-15)18(24)11-17-7-2-6-16-8-3-9-20-19(16)17/h2-3,6-9,15H,4-5,10-13H2,1H3,(H,21,23).